The van der Waals surface area contributed by atoms with Crippen molar-refractivity contribution in [3.05, 3.63) is 52.0 Å². The summed E-state index contributed by atoms with van der Waals surface area (Å²) in [5, 5.41) is 2.05. The molecule has 1 fully saturated rings. The summed E-state index contributed by atoms with van der Waals surface area (Å²) in [5.74, 6) is 0.100. The highest BCUT2D eigenvalue weighted by atomic mass is 32.1. The second kappa shape index (κ2) is 5.13. The molecule has 2 aromatic rings. The average Bonchev–Trinajstić information content (AvgIpc) is 3.13. The van der Waals surface area contributed by atoms with Crippen LogP contribution in [-0.2, 0) is 6.54 Å². The molecule has 3 nitrogen and oxygen atoms in total. The molecule has 0 N–H and O–H groups in total. The predicted octanol–water partition coefficient (Wildman–Crippen LogP) is 3.26. The first-order chi connectivity index (χ1) is 9.24. The molecule has 0 saturated heterocycles. The highest BCUT2D eigenvalue weighted by Gasteiger charge is 2.33. The SMILES string of the molecule is Cc1ccc(C(=O)N(Cc2cccs2)C2CC2)cn1. The molecule has 0 unspecified atom stereocenters. The van der Waals surface area contributed by atoms with Crippen LogP contribution in [0.25, 0.3) is 0 Å². The molecular weight excluding hydrogens is 256 g/mol. The second-order valence-corrected chi connectivity index (χ2v) is 5.96. The van der Waals surface area contributed by atoms with E-state index in [0.29, 0.717) is 11.6 Å². The first-order valence-corrected chi connectivity index (χ1v) is 7.38. The Morgan fingerprint density at radius 1 is 1.42 bits per heavy atom. The monoisotopic (exact) mass is 272 g/mol. The highest BCUT2D eigenvalue weighted by Crippen LogP contribution is 2.30. The van der Waals surface area contributed by atoms with Gasteiger partial charge in [-0.05, 0) is 43.3 Å². The fraction of sp³-hybridized carbons (Fsp3) is 0.333. The van der Waals surface area contributed by atoms with E-state index in [1.807, 2.05) is 30.0 Å². The maximum absolute atomic E-state index is 12.6. The van der Waals surface area contributed by atoms with Crippen molar-refractivity contribution in [1.82, 2.24) is 9.88 Å². The van der Waals surface area contributed by atoms with Gasteiger partial charge in [-0.25, -0.2) is 0 Å². The molecule has 19 heavy (non-hydrogen) atoms. The summed E-state index contributed by atoms with van der Waals surface area (Å²) in [6.45, 7) is 2.65. The molecule has 1 aliphatic rings. The van der Waals surface area contributed by atoms with Crippen molar-refractivity contribution in [3.8, 4) is 0 Å². The van der Waals surface area contributed by atoms with Gasteiger partial charge in [0.15, 0.2) is 0 Å². The standard InChI is InChI=1S/C15H16N2OS/c1-11-4-5-12(9-16-11)15(18)17(13-6-7-13)10-14-3-2-8-19-14/h2-5,8-9,13H,6-7,10H2,1H3. The lowest BCUT2D eigenvalue weighted by atomic mass is 10.2. The number of nitrogens with zero attached hydrogens (tertiary/aromatic N) is 2. The molecule has 2 aromatic heterocycles. The van der Waals surface area contributed by atoms with Crippen molar-refractivity contribution in [2.75, 3.05) is 0 Å². The van der Waals surface area contributed by atoms with Gasteiger partial charge < -0.3 is 4.90 Å². The Kier molecular flexibility index (Phi) is 3.34. The molecule has 2 heterocycles. The summed E-state index contributed by atoms with van der Waals surface area (Å²) in [7, 11) is 0. The predicted molar refractivity (Wildman–Crippen MR) is 76.2 cm³/mol. The van der Waals surface area contributed by atoms with Crippen molar-refractivity contribution in [2.24, 2.45) is 0 Å². The van der Waals surface area contributed by atoms with E-state index < -0.39 is 0 Å². The molecule has 0 aromatic carbocycles. The van der Waals surface area contributed by atoms with Crippen LogP contribution in [0.3, 0.4) is 0 Å². The van der Waals surface area contributed by atoms with Crippen LogP contribution in [0.4, 0.5) is 0 Å². The number of carbonyl (C=O) groups excluding carboxylic acids is 1. The van der Waals surface area contributed by atoms with Crippen LogP contribution in [-0.4, -0.2) is 21.8 Å². The van der Waals surface area contributed by atoms with Crippen molar-refractivity contribution >= 4 is 17.2 Å². The minimum atomic E-state index is 0.100. The maximum Gasteiger partial charge on any atom is 0.255 e. The molecule has 98 valence electrons. The fourth-order valence-corrected chi connectivity index (χ4v) is 2.79. The van der Waals surface area contributed by atoms with Crippen molar-refractivity contribution in [2.45, 2.75) is 32.4 Å². The molecule has 0 bridgehead atoms. The van der Waals surface area contributed by atoms with Gasteiger partial charge in [-0.1, -0.05) is 6.07 Å². The van der Waals surface area contributed by atoms with Gasteiger partial charge in [-0.3, -0.25) is 9.78 Å². The average molecular weight is 272 g/mol. The zero-order valence-corrected chi connectivity index (χ0v) is 11.7. The fourth-order valence-electron chi connectivity index (χ4n) is 2.08. The number of carbonyl (C=O) groups is 1. The Morgan fingerprint density at radius 3 is 2.84 bits per heavy atom. The molecular formula is C15H16N2OS. The molecule has 1 saturated carbocycles. The third kappa shape index (κ3) is 2.84. The summed E-state index contributed by atoms with van der Waals surface area (Å²) >= 11 is 1.70. The van der Waals surface area contributed by atoms with Gasteiger partial charge in [0.25, 0.3) is 5.91 Å². The number of pyridine rings is 1. The molecule has 3 rings (SSSR count). The van der Waals surface area contributed by atoms with Gasteiger partial charge >= 0.3 is 0 Å². The lowest BCUT2D eigenvalue weighted by Gasteiger charge is -2.21. The van der Waals surface area contributed by atoms with Gasteiger partial charge in [0.1, 0.15) is 0 Å². The zero-order valence-electron chi connectivity index (χ0n) is 10.9. The minimum absolute atomic E-state index is 0.100. The molecule has 1 amide bonds. The lowest BCUT2D eigenvalue weighted by molar-refractivity contribution is 0.0731. The summed E-state index contributed by atoms with van der Waals surface area (Å²) < 4.78 is 0. The van der Waals surface area contributed by atoms with Crippen LogP contribution in [0, 0.1) is 6.92 Å². The Labute approximate surface area is 116 Å². The van der Waals surface area contributed by atoms with Crippen molar-refractivity contribution in [3.63, 3.8) is 0 Å². The number of hydrogen-bond donors (Lipinski definition) is 0. The van der Waals surface area contributed by atoms with Gasteiger partial charge in [0, 0.05) is 22.8 Å². The third-order valence-corrected chi connectivity index (χ3v) is 4.17. The van der Waals surface area contributed by atoms with E-state index in [0.717, 1.165) is 25.1 Å². The summed E-state index contributed by atoms with van der Waals surface area (Å²) in [6.07, 6.45) is 3.92. The Morgan fingerprint density at radius 2 is 2.26 bits per heavy atom. The Balaban J connectivity index is 1.79. The molecule has 4 heteroatoms. The first kappa shape index (κ1) is 12.4. The highest BCUT2D eigenvalue weighted by molar-refractivity contribution is 7.09. The third-order valence-electron chi connectivity index (χ3n) is 3.31. The smallest absolute Gasteiger partial charge is 0.255 e. The van der Waals surface area contributed by atoms with E-state index in [1.54, 1.807) is 17.5 Å². The van der Waals surface area contributed by atoms with Crippen molar-refractivity contribution in [1.29, 1.82) is 0 Å². The minimum Gasteiger partial charge on any atom is -0.330 e. The van der Waals surface area contributed by atoms with Gasteiger partial charge in [-0.15, -0.1) is 11.3 Å². The van der Waals surface area contributed by atoms with Crippen LogP contribution in [0.15, 0.2) is 35.8 Å². The zero-order chi connectivity index (χ0) is 13.2. The van der Waals surface area contributed by atoms with E-state index >= 15 is 0 Å². The second-order valence-electron chi connectivity index (χ2n) is 4.93. The number of thiophene rings is 1. The largest absolute Gasteiger partial charge is 0.330 e. The Bertz CT molecular complexity index is 558. The normalized spacial score (nSPS) is 14.4. The summed E-state index contributed by atoms with van der Waals surface area (Å²) in [6, 6.07) is 8.29. The summed E-state index contributed by atoms with van der Waals surface area (Å²) in [5.41, 5.74) is 1.63. The van der Waals surface area contributed by atoms with Crippen LogP contribution in [0.5, 0.6) is 0 Å². The quantitative estimate of drug-likeness (QED) is 0.856. The lowest BCUT2D eigenvalue weighted by Crippen LogP contribution is -2.32. The van der Waals surface area contributed by atoms with Gasteiger partial charge in [0.05, 0.1) is 12.1 Å². The van der Waals surface area contributed by atoms with Crippen LogP contribution in [0.2, 0.25) is 0 Å². The van der Waals surface area contributed by atoms with Crippen LogP contribution >= 0.6 is 11.3 Å². The van der Waals surface area contributed by atoms with E-state index in [-0.39, 0.29) is 5.91 Å². The molecule has 1 aliphatic carbocycles. The van der Waals surface area contributed by atoms with Crippen LogP contribution < -0.4 is 0 Å². The number of rotatable bonds is 4. The number of hydrogen-bond acceptors (Lipinski definition) is 3. The molecule has 0 atom stereocenters. The number of amides is 1. The topological polar surface area (TPSA) is 33.2 Å². The first-order valence-electron chi connectivity index (χ1n) is 6.50. The van der Waals surface area contributed by atoms with E-state index in [1.165, 1.54) is 4.88 Å². The van der Waals surface area contributed by atoms with E-state index in [2.05, 4.69) is 16.4 Å². The van der Waals surface area contributed by atoms with E-state index in [9.17, 15) is 4.79 Å². The van der Waals surface area contributed by atoms with Crippen LogP contribution in [0.1, 0.15) is 33.8 Å². The number of aromatic nitrogens is 1. The maximum atomic E-state index is 12.6. The summed E-state index contributed by atoms with van der Waals surface area (Å²) in [4.78, 5) is 20.0. The Hall–Kier alpha value is -1.68. The molecule has 0 aliphatic heterocycles. The molecule has 0 radical (unpaired) electrons. The molecule has 0 spiro atoms. The van der Waals surface area contributed by atoms with Gasteiger partial charge in [-0.2, -0.15) is 0 Å². The van der Waals surface area contributed by atoms with Crippen molar-refractivity contribution < 1.29 is 4.79 Å². The number of aryl methyl sites for hydroxylation is 1. The van der Waals surface area contributed by atoms with Gasteiger partial charge in [0.2, 0.25) is 0 Å². The van der Waals surface area contributed by atoms with E-state index in [4.69, 9.17) is 0 Å².